The number of aromatic nitrogens is 1. The molecule has 7 nitrogen and oxygen atoms in total. The number of amides is 1. The molecule has 1 fully saturated rings. The van der Waals surface area contributed by atoms with E-state index < -0.39 is 15.8 Å². The van der Waals surface area contributed by atoms with Crippen LogP contribution < -0.4 is 4.90 Å². The van der Waals surface area contributed by atoms with Crippen molar-refractivity contribution < 1.29 is 17.6 Å². The van der Waals surface area contributed by atoms with Gasteiger partial charge in [-0.15, -0.1) is 12.4 Å². The second kappa shape index (κ2) is 12.0. The van der Waals surface area contributed by atoms with Crippen LogP contribution in [0.1, 0.15) is 36.5 Å². The smallest absolute Gasteiger partial charge is 0.260 e. The quantitative estimate of drug-likeness (QED) is 0.397. The van der Waals surface area contributed by atoms with Gasteiger partial charge in [0.25, 0.3) is 5.91 Å². The summed E-state index contributed by atoms with van der Waals surface area (Å²) < 4.78 is 42.6. The van der Waals surface area contributed by atoms with E-state index in [1.54, 1.807) is 29.2 Å². The van der Waals surface area contributed by atoms with Crippen molar-refractivity contribution in [1.29, 1.82) is 0 Å². The SMILES string of the molecule is CC1CCCN(S(=O)(=O)c2ccc(C(=O)N(CCCN(C)C)c3nc4c(F)cccc4s3)cc2)C1.Cl. The Morgan fingerprint density at radius 3 is 2.53 bits per heavy atom. The van der Waals surface area contributed by atoms with Crippen LogP contribution in [0.15, 0.2) is 47.4 Å². The Labute approximate surface area is 222 Å². The van der Waals surface area contributed by atoms with Crippen LogP contribution in [0.2, 0.25) is 0 Å². The fraction of sp³-hybridized carbons (Fsp3) is 0.440. The Bertz CT molecular complexity index is 1300. The summed E-state index contributed by atoms with van der Waals surface area (Å²) in [7, 11) is 0.315. The van der Waals surface area contributed by atoms with Crippen molar-refractivity contribution in [3.05, 3.63) is 53.8 Å². The molecule has 1 aliphatic rings. The van der Waals surface area contributed by atoms with E-state index in [2.05, 4.69) is 11.9 Å². The van der Waals surface area contributed by atoms with Crippen molar-refractivity contribution >= 4 is 55.0 Å². The van der Waals surface area contributed by atoms with E-state index in [0.29, 0.717) is 47.4 Å². The van der Waals surface area contributed by atoms with Gasteiger partial charge in [0.05, 0.1) is 9.60 Å². The molecule has 0 radical (unpaired) electrons. The van der Waals surface area contributed by atoms with Crippen LogP contribution in [0.4, 0.5) is 9.52 Å². The van der Waals surface area contributed by atoms with Crippen molar-refractivity contribution in [3.63, 3.8) is 0 Å². The number of nitrogens with zero attached hydrogens (tertiary/aromatic N) is 4. The molecule has 196 valence electrons. The van der Waals surface area contributed by atoms with E-state index in [1.807, 2.05) is 19.0 Å². The van der Waals surface area contributed by atoms with E-state index in [1.165, 1.54) is 33.8 Å². The lowest BCUT2D eigenvalue weighted by molar-refractivity contribution is 0.0986. The molecule has 0 N–H and O–H groups in total. The number of hydrogen-bond donors (Lipinski definition) is 0. The molecule has 3 aromatic rings. The van der Waals surface area contributed by atoms with Gasteiger partial charge >= 0.3 is 0 Å². The molecule has 1 amide bonds. The lowest BCUT2D eigenvalue weighted by Gasteiger charge is -2.30. The topological polar surface area (TPSA) is 73.8 Å². The Morgan fingerprint density at radius 2 is 1.89 bits per heavy atom. The van der Waals surface area contributed by atoms with Crippen LogP contribution in [-0.2, 0) is 10.0 Å². The molecule has 1 aromatic heterocycles. The van der Waals surface area contributed by atoms with Crippen LogP contribution in [0.3, 0.4) is 0 Å². The number of carbonyl (C=O) groups is 1. The zero-order valence-corrected chi connectivity index (χ0v) is 23.1. The van der Waals surface area contributed by atoms with Gasteiger partial charge in [-0.3, -0.25) is 9.69 Å². The van der Waals surface area contributed by atoms with E-state index >= 15 is 0 Å². The number of benzene rings is 2. The van der Waals surface area contributed by atoms with Gasteiger partial charge in [0.1, 0.15) is 11.3 Å². The maximum absolute atomic E-state index is 14.3. The van der Waals surface area contributed by atoms with Crippen molar-refractivity contribution in [2.75, 3.05) is 45.2 Å². The third kappa shape index (κ3) is 6.23. The summed E-state index contributed by atoms with van der Waals surface area (Å²) in [6.07, 6.45) is 2.58. The minimum Gasteiger partial charge on any atom is -0.309 e. The largest absolute Gasteiger partial charge is 0.309 e. The van der Waals surface area contributed by atoms with Crippen LogP contribution in [0, 0.1) is 11.7 Å². The average Bonchev–Trinajstić information content (AvgIpc) is 3.27. The number of carbonyl (C=O) groups excluding carboxylic acids is 1. The Morgan fingerprint density at radius 1 is 1.17 bits per heavy atom. The van der Waals surface area contributed by atoms with E-state index in [4.69, 9.17) is 0 Å². The van der Waals surface area contributed by atoms with Crippen molar-refractivity contribution in [1.82, 2.24) is 14.2 Å². The molecule has 0 spiro atoms. The van der Waals surface area contributed by atoms with Gasteiger partial charge in [0.15, 0.2) is 5.13 Å². The standard InChI is InChI=1S/C25H31FN4O3S2.ClH/c1-18-7-5-15-29(17-18)35(32,33)20-12-10-19(11-13-20)24(31)30(16-6-14-28(2)3)25-27-23-21(26)8-4-9-22(23)34-25;/h4,8-13,18H,5-7,14-17H2,1-3H3;1H. The molecule has 36 heavy (non-hydrogen) atoms. The number of sulfonamides is 1. The Balaban J connectivity index is 0.00000361. The summed E-state index contributed by atoms with van der Waals surface area (Å²) in [4.78, 5) is 21.7. The Kier molecular flexibility index (Phi) is 9.45. The zero-order chi connectivity index (χ0) is 25.2. The first-order valence-corrected chi connectivity index (χ1v) is 14.0. The molecule has 0 bridgehead atoms. The summed E-state index contributed by atoms with van der Waals surface area (Å²) >= 11 is 1.27. The molecule has 1 saturated heterocycles. The highest BCUT2D eigenvalue weighted by atomic mass is 35.5. The second-order valence-electron chi connectivity index (χ2n) is 9.33. The molecule has 11 heteroatoms. The third-order valence-electron chi connectivity index (χ3n) is 6.18. The summed E-state index contributed by atoms with van der Waals surface area (Å²) in [5, 5.41) is 0.424. The number of anilines is 1. The predicted octanol–water partition coefficient (Wildman–Crippen LogP) is 4.88. The first kappa shape index (κ1) is 28.5. The van der Waals surface area contributed by atoms with Crippen molar-refractivity contribution in [2.45, 2.75) is 31.1 Å². The normalized spacial score (nSPS) is 16.8. The highest BCUT2D eigenvalue weighted by Crippen LogP contribution is 2.31. The molecule has 1 unspecified atom stereocenters. The number of rotatable bonds is 8. The molecule has 1 aliphatic heterocycles. The minimum absolute atomic E-state index is 0. The molecule has 0 saturated carbocycles. The van der Waals surface area contributed by atoms with Crippen LogP contribution in [0.5, 0.6) is 0 Å². The summed E-state index contributed by atoms with van der Waals surface area (Å²) in [6, 6.07) is 10.9. The van der Waals surface area contributed by atoms with E-state index in [9.17, 15) is 17.6 Å². The summed E-state index contributed by atoms with van der Waals surface area (Å²) in [5.74, 6) is -0.389. The molecule has 4 rings (SSSR count). The second-order valence-corrected chi connectivity index (χ2v) is 12.3. The molecule has 2 aromatic carbocycles. The predicted molar refractivity (Wildman–Crippen MR) is 145 cm³/mol. The highest BCUT2D eigenvalue weighted by molar-refractivity contribution is 7.89. The lowest BCUT2D eigenvalue weighted by Crippen LogP contribution is -2.39. The maximum Gasteiger partial charge on any atom is 0.260 e. The van der Waals surface area contributed by atoms with E-state index in [0.717, 1.165) is 19.4 Å². The van der Waals surface area contributed by atoms with Crippen molar-refractivity contribution in [3.8, 4) is 0 Å². The lowest BCUT2D eigenvalue weighted by atomic mass is 10.0. The van der Waals surface area contributed by atoms with Gasteiger partial charge in [-0.1, -0.05) is 24.3 Å². The highest BCUT2D eigenvalue weighted by Gasteiger charge is 2.29. The van der Waals surface area contributed by atoms with Crippen LogP contribution in [0.25, 0.3) is 10.2 Å². The fourth-order valence-corrected chi connectivity index (χ4v) is 6.89. The van der Waals surface area contributed by atoms with Gasteiger partial charge in [0, 0.05) is 25.2 Å². The van der Waals surface area contributed by atoms with Crippen LogP contribution in [-0.4, -0.2) is 68.8 Å². The molecule has 0 aliphatic carbocycles. The number of para-hydroxylation sites is 1. The summed E-state index contributed by atoms with van der Waals surface area (Å²) in [6.45, 7) is 4.26. The number of thiazole rings is 1. The minimum atomic E-state index is -3.60. The first-order valence-electron chi connectivity index (χ1n) is 11.8. The van der Waals surface area contributed by atoms with Crippen LogP contribution >= 0.6 is 23.7 Å². The van der Waals surface area contributed by atoms with Gasteiger partial charge in [-0.05, 0) is 82.2 Å². The number of hydrogen-bond acceptors (Lipinski definition) is 6. The maximum atomic E-state index is 14.3. The van der Waals surface area contributed by atoms with Crippen molar-refractivity contribution in [2.24, 2.45) is 5.92 Å². The van der Waals surface area contributed by atoms with Gasteiger partial charge < -0.3 is 4.90 Å². The number of fused-ring (bicyclic) bond motifs is 1. The van der Waals surface area contributed by atoms with E-state index in [-0.39, 0.29) is 28.7 Å². The molecule has 2 heterocycles. The zero-order valence-electron chi connectivity index (χ0n) is 20.7. The number of piperidine rings is 1. The average molecular weight is 555 g/mol. The first-order chi connectivity index (χ1) is 16.7. The monoisotopic (exact) mass is 554 g/mol. The third-order valence-corrected chi connectivity index (χ3v) is 9.10. The van der Waals surface area contributed by atoms with Gasteiger partial charge in [-0.2, -0.15) is 4.31 Å². The van der Waals surface area contributed by atoms with Gasteiger partial charge in [0.2, 0.25) is 10.0 Å². The van der Waals surface area contributed by atoms with Gasteiger partial charge in [-0.25, -0.2) is 17.8 Å². The molecular formula is C25H32ClFN4O3S2. The number of halogens is 2. The summed E-state index contributed by atoms with van der Waals surface area (Å²) in [5.41, 5.74) is 0.607. The molecular weight excluding hydrogens is 523 g/mol. The fourth-order valence-electron chi connectivity index (χ4n) is 4.29. The Hall–Kier alpha value is -2.11. The molecule has 1 atom stereocenters.